The normalized spacial score (nSPS) is 13.5. The topological polar surface area (TPSA) is 82.5 Å². The fourth-order valence-corrected chi connectivity index (χ4v) is 4.53. The molecule has 0 radical (unpaired) electrons. The maximum absolute atomic E-state index is 14.7. The third-order valence-electron chi connectivity index (χ3n) is 5.30. The summed E-state index contributed by atoms with van der Waals surface area (Å²) < 4.78 is 27.0. The number of thioether (sulfide) groups is 1. The summed E-state index contributed by atoms with van der Waals surface area (Å²) in [5.41, 5.74) is 0.701. The summed E-state index contributed by atoms with van der Waals surface area (Å²) in [6.07, 6.45) is 0. The number of aromatic nitrogens is 2. The number of nitrogens with one attached hydrogen (secondary N) is 1. The molecule has 9 heteroatoms. The monoisotopic (exact) mass is 477 g/mol. The summed E-state index contributed by atoms with van der Waals surface area (Å²) in [4.78, 5) is 30.8. The number of nitrogens with zero attached hydrogens (tertiary/aromatic N) is 2. The van der Waals surface area contributed by atoms with Crippen molar-refractivity contribution >= 4 is 34.3 Å². The number of amides is 1. The van der Waals surface area contributed by atoms with Gasteiger partial charge in [-0.2, -0.15) is 0 Å². The Morgan fingerprint density at radius 2 is 1.79 bits per heavy atom. The van der Waals surface area contributed by atoms with E-state index in [4.69, 9.17) is 9.47 Å². The predicted molar refractivity (Wildman–Crippen MR) is 129 cm³/mol. The van der Waals surface area contributed by atoms with E-state index in [0.717, 1.165) is 11.8 Å². The van der Waals surface area contributed by atoms with E-state index in [0.29, 0.717) is 41.3 Å². The lowest BCUT2D eigenvalue weighted by Crippen LogP contribution is -2.26. The van der Waals surface area contributed by atoms with Gasteiger partial charge in [-0.1, -0.05) is 36.0 Å². The first kappa shape index (κ1) is 22.0. The summed E-state index contributed by atoms with van der Waals surface area (Å²) in [7, 11) is 0. The molecule has 3 aromatic carbocycles. The average molecular weight is 478 g/mol. The van der Waals surface area contributed by atoms with E-state index in [1.54, 1.807) is 61.5 Å². The Morgan fingerprint density at radius 1 is 1.06 bits per heavy atom. The van der Waals surface area contributed by atoms with Gasteiger partial charge in [-0.15, -0.1) is 0 Å². The minimum atomic E-state index is -0.640. The van der Waals surface area contributed by atoms with E-state index < -0.39 is 16.6 Å². The van der Waals surface area contributed by atoms with Gasteiger partial charge in [-0.05, 0) is 43.3 Å². The van der Waals surface area contributed by atoms with Crippen LogP contribution >= 0.6 is 11.8 Å². The lowest BCUT2D eigenvalue weighted by atomic mass is 10.2. The van der Waals surface area contributed by atoms with Crippen LogP contribution in [0.25, 0.3) is 16.6 Å². The summed E-state index contributed by atoms with van der Waals surface area (Å²) in [6, 6.07) is 18.0. The molecule has 34 heavy (non-hydrogen) atoms. The molecule has 1 aliphatic rings. The highest BCUT2D eigenvalue weighted by atomic mass is 32.2. The number of halogens is 1. The zero-order valence-electron chi connectivity index (χ0n) is 18.2. The van der Waals surface area contributed by atoms with Crippen molar-refractivity contribution in [2.75, 3.05) is 18.5 Å². The van der Waals surface area contributed by atoms with E-state index >= 15 is 0 Å². The van der Waals surface area contributed by atoms with Gasteiger partial charge >= 0.3 is 0 Å². The molecule has 1 aliphatic heterocycles. The summed E-state index contributed by atoms with van der Waals surface area (Å²) in [5.74, 6) is 0.330. The Balaban J connectivity index is 1.47. The van der Waals surface area contributed by atoms with Crippen LogP contribution in [-0.4, -0.2) is 33.9 Å². The van der Waals surface area contributed by atoms with Crippen molar-refractivity contribution in [2.45, 2.75) is 17.3 Å². The van der Waals surface area contributed by atoms with Crippen LogP contribution in [0.15, 0.2) is 76.7 Å². The van der Waals surface area contributed by atoms with Gasteiger partial charge in [0.05, 0.1) is 21.8 Å². The van der Waals surface area contributed by atoms with Gasteiger partial charge in [-0.25, -0.2) is 9.37 Å². The van der Waals surface area contributed by atoms with Gasteiger partial charge in [-0.3, -0.25) is 14.2 Å². The molecule has 1 N–H and O–H groups in total. The largest absolute Gasteiger partial charge is 0.486 e. The number of benzene rings is 3. The van der Waals surface area contributed by atoms with E-state index in [9.17, 15) is 14.0 Å². The predicted octanol–water partition coefficient (Wildman–Crippen LogP) is 4.42. The maximum Gasteiger partial charge on any atom is 0.266 e. The van der Waals surface area contributed by atoms with Gasteiger partial charge in [0.2, 0.25) is 5.91 Å². The molecule has 0 saturated heterocycles. The van der Waals surface area contributed by atoms with Crippen LogP contribution in [0, 0.1) is 5.82 Å². The number of anilines is 1. The van der Waals surface area contributed by atoms with Crippen LogP contribution in [0.3, 0.4) is 0 Å². The molecule has 1 aromatic heterocycles. The highest BCUT2D eigenvalue weighted by Gasteiger charge is 2.22. The Hall–Kier alpha value is -3.85. The molecule has 4 aromatic rings. The van der Waals surface area contributed by atoms with Crippen molar-refractivity contribution in [3.05, 3.63) is 82.9 Å². The van der Waals surface area contributed by atoms with Gasteiger partial charge < -0.3 is 14.8 Å². The first-order valence-electron chi connectivity index (χ1n) is 10.6. The van der Waals surface area contributed by atoms with E-state index in [2.05, 4.69) is 10.3 Å². The molecule has 0 saturated carbocycles. The molecule has 7 nitrogen and oxygen atoms in total. The van der Waals surface area contributed by atoms with Crippen LogP contribution in [0.4, 0.5) is 10.1 Å². The molecule has 0 aliphatic carbocycles. The molecular weight excluding hydrogens is 457 g/mol. The number of hydrogen-bond acceptors (Lipinski definition) is 6. The van der Waals surface area contributed by atoms with E-state index in [1.807, 2.05) is 0 Å². The van der Waals surface area contributed by atoms with Crippen molar-refractivity contribution in [1.82, 2.24) is 9.55 Å². The SMILES string of the molecule is C[C@@H](Sc1nc2ccccc2c(=O)n1-c1ccccc1F)C(=O)Nc1ccc2c(c1)OCCO2. The Bertz CT molecular complexity index is 1460. The van der Waals surface area contributed by atoms with Gasteiger partial charge in [0, 0.05) is 11.8 Å². The highest BCUT2D eigenvalue weighted by molar-refractivity contribution is 8.00. The summed E-state index contributed by atoms with van der Waals surface area (Å²) in [5, 5.41) is 2.80. The molecule has 2 heterocycles. The lowest BCUT2D eigenvalue weighted by Gasteiger charge is -2.20. The van der Waals surface area contributed by atoms with Crippen molar-refractivity contribution in [3.8, 4) is 17.2 Å². The third kappa shape index (κ3) is 4.22. The minimum Gasteiger partial charge on any atom is -0.486 e. The van der Waals surface area contributed by atoms with Crippen LogP contribution in [0.2, 0.25) is 0 Å². The van der Waals surface area contributed by atoms with Crippen LogP contribution in [0.5, 0.6) is 11.5 Å². The van der Waals surface area contributed by atoms with Crippen LogP contribution in [-0.2, 0) is 4.79 Å². The number of carbonyl (C=O) groups is 1. The van der Waals surface area contributed by atoms with Crippen molar-refractivity contribution in [2.24, 2.45) is 0 Å². The molecule has 0 spiro atoms. The molecular formula is C25H20FN3O4S. The molecule has 1 amide bonds. The van der Waals surface area contributed by atoms with Crippen LogP contribution in [0.1, 0.15) is 6.92 Å². The first-order valence-corrected chi connectivity index (χ1v) is 11.5. The Kier molecular flexibility index (Phi) is 5.93. The highest BCUT2D eigenvalue weighted by Crippen LogP contribution is 2.33. The minimum absolute atomic E-state index is 0.0766. The molecule has 5 rings (SSSR count). The maximum atomic E-state index is 14.7. The second kappa shape index (κ2) is 9.18. The second-order valence-electron chi connectivity index (χ2n) is 7.61. The van der Waals surface area contributed by atoms with Crippen molar-refractivity contribution < 1.29 is 18.7 Å². The van der Waals surface area contributed by atoms with E-state index in [1.165, 1.54) is 16.7 Å². The molecule has 1 atom stereocenters. The number of hydrogen-bond donors (Lipinski definition) is 1. The zero-order chi connectivity index (χ0) is 23.7. The van der Waals surface area contributed by atoms with Gasteiger partial charge in [0.25, 0.3) is 5.56 Å². The number of rotatable bonds is 5. The second-order valence-corrected chi connectivity index (χ2v) is 8.92. The summed E-state index contributed by atoms with van der Waals surface area (Å²) >= 11 is 1.08. The quantitative estimate of drug-likeness (QED) is 0.339. The number of ether oxygens (including phenoxy) is 2. The molecule has 0 bridgehead atoms. The third-order valence-corrected chi connectivity index (χ3v) is 6.35. The molecule has 0 unspecified atom stereocenters. The van der Waals surface area contributed by atoms with Crippen molar-refractivity contribution in [3.63, 3.8) is 0 Å². The smallest absolute Gasteiger partial charge is 0.266 e. The average Bonchev–Trinajstić information content (AvgIpc) is 2.85. The van der Waals surface area contributed by atoms with E-state index in [-0.39, 0.29) is 16.8 Å². The first-order chi connectivity index (χ1) is 16.5. The lowest BCUT2D eigenvalue weighted by molar-refractivity contribution is -0.115. The fourth-order valence-electron chi connectivity index (χ4n) is 3.61. The number of para-hydroxylation sites is 2. The molecule has 172 valence electrons. The standard InChI is InChI=1S/C25H20FN3O4S/c1-15(23(30)27-16-10-11-21-22(14-16)33-13-12-32-21)34-25-28-19-8-4-2-6-17(19)24(31)29(25)20-9-5-3-7-18(20)26/h2-11,14-15H,12-13H2,1H3,(H,27,30)/t15-/m1/s1. The Morgan fingerprint density at radius 3 is 2.62 bits per heavy atom. The molecule has 0 fully saturated rings. The number of fused-ring (bicyclic) bond motifs is 2. The zero-order valence-corrected chi connectivity index (χ0v) is 19.0. The Labute approximate surface area is 198 Å². The van der Waals surface area contributed by atoms with Crippen molar-refractivity contribution in [1.29, 1.82) is 0 Å². The van der Waals surface area contributed by atoms with Crippen LogP contribution < -0.4 is 20.3 Å². The number of carbonyl (C=O) groups excluding carboxylic acids is 1. The van der Waals surface area contributed by atoms with Gasteiger partial charge in [0.15, 0.2) is 16.7 Å². The fraction of sp³-hybridized carbons (Fsp3) is 0.160. The van der Waals surface area contributed by atoms with Gasteiger partial charge in [0.1, 0.15) is 19.0 Å². The summed E-state index contributed by atoms with van der Waals surface area (Å²) in [6.45, 7) is 2.62.